The van der Waals surface area contributed by atoms with Gasteiger partial charge in [-0.2, -0.15) is 0 Å². The Labute approximate surface area is 179 Å². The molecular formula is C21H24N2O5S2. The molecule has 2 aromatic rings. The van der Waals surface area contributed by atoms with E-state index in [4.69, 9.17) is 4.74 Å². The number of hydrogen-bond acceptors (Lipinski definition) is 6. The second kappa shape index (κ2) is 8.39. The van der Waals surface area contributed by atoms with Crippen molar-refractivity contribution in [1.29, 1.82) is 0 Å². The topological polar surface area (TPSA) is 102 Å². The molecule has 2 N–H and O–H groups in total. The number of hydrogen-bond donors (Lipinski definition) is 2. The lowest BCUT2D eigenvalue weighted by Crippen LogP contribution is -2.36. The van der Waals surface area contributed by atoms with Crippen LogP contribution in [0.15, 0.2) is 24.3 Å². The summed E-state index contributed by atoms with van der Waals surface area (Å²) in [5.41, 5.74) is 1.83. The molecule has 7 nitrogen and oxygen atoms in total. The number of benzene rings is 1. The number of carbonyl (C=O) groups excluding carboxylic acids is 2. The van der Waals surface area contributed by atoms with E-state index in [9.17, 15) is 18.0 Å². The Morgan fingerprint density at radius 1 is 1.13 bits per heavy atom. The normalized spacial score (nSPS) is 19.7. The number of para-hydroxylation sites is 1. The molecule has 0 radical (unpaired) electrons. The zero-order valence-electron chi connectivity index (χ0n) is 16.7. The van der Waals surface area contributed by atoms with Gasteiger partial charge in [0, 0.05) is 10.9 Å². The lowest BCUT2D eigenvalue weighted by atomic mass is 9.95. The minimum atomic E-state index is -3.10. The first kappa shape index (κ1) is 20.9. The Morgan fingerprint density at radius 2 is 1.90 bits per heavy atom. The average Bonchev–Trinajstić information content (AvgIpc) is 3.26. The summed E-state index contributed by atoms with van der Waals surface area (Å²) in [6.07, 6.45) is 4.12. The summed E-state index contributed by atoms with van der Waals surface area (Å²) in [6, 6.07) is 6.53. The van der Waals surface area contributed by atoms with Crippen LogP contribution >= 0.6 is 11.3 Å². The zero-order chi connectivity index (χ0) is 21.3. The van der Waals surface area contributed by atoms with E-state index < -0.39 is 9.84 Å². The molecule has 2 heterocycles. The van der Waals surface area contributed by atoms with Gasteiger partial charge >= 0.3 is 0 Å². The summed E-state index contributed by atoms with van der Waals surface area (Å²) in [5.74, 6) is -0.140. The highest BCUT2D eigenvalue weighted by atomic mass is 32.2. The van der Waals surface area contributed by atoms with Crippen molar-refractivity contribution in [3.05, 3.63) is 45.8 Å². The van der Waals surface area contributed by atoms with Crippen LogP contribution in [0, 0.1) is 0 Å². The molecule has 0 bridgehead atoms. The Hall–Kier alpha value is -2.39. The molecule has 1 aromatic heterocycles. The monoisotopic (exact) mass is 448 g/mol. The predicted octanol–water partition coefficient (Wildman–Crippen LogP) is 2.80. The van der Waals surface area contributed by atoms with Crippen LogP contribution in [0.3, 0.4) is 0 Å². The molecule has 1 saturated heterocycles. The Balaban J connectivity index is 1.62. The number of thiophene rings is 1. The largest absolute Gasteiger partial charge is 0.496 e. The maximum atomic E-state index is 13.1. The van der Waals surface area contributed by atoms with Crippen LogP contribution in [0.1, 0.15) is 50.4 Å². The Morgan fingerprint density at radius 3 is 2.63 bits per heavy atom. The molecule has 0 spiro atoms. The van der Waals surface area contributed by atoms with Gasteiger partial charge in [-0.15, -0.1) is 11.3 Å². The fourth-order valence-corrected chi connectivity index (χ4v) is 7.02. The second-order valence-corrected chi connectivity index (χ2v) is 11.0. The summed E-state index contributed by atoms with van der Waals surface area (Å²) in [7, 11) is -1.59. The van der Waals surface area contributed by atoms with Crippen LogP contribution in [-0.2, 0) is 22.7 Å². The smallest absolute Gasteiger partial charge is 0.260 e. The lowest BCUT2D eigenvalue weighted by Gasteiger charge is -2.16. The van der Waals surface area contributed by atoms with Crippen molar-refractivity contribution in [2.24, 2.45) is 0 Å². The van der Waals surface area contributed by atoms with Crippen LogP contribution in [0.5, 0.6) is 5.75 Å². The van der Waals surface area contributed by atoms with Crippen LogP contribution in [0.4, 0.5) is 5.00 Å². The van der Waals surface area contributed by atoms with Crippen molar-refractivity contribution >= 4 is 38.0 Å². The Kier molecular flexibility index (Phi) is 5.84. The number of carbonyl (C=O) groups is 2. The van der Waals surface area contributed by atoms with Crippen LogP contribution in [0.2, 0.25) is 0 Å². The summed E-state index contributed by atoms with van der Waals surface area (Å²) in [6.45, 7) is 0. The fraction of sp³-hybridized carbons (Fsp3) is 0.429. The molecule has 1 aliphatic heterocycles. The molecule has 9 heteroatoms. The maximum absolute atomic E-state index is 13.1. The van der Waals surface area contributed by atoms with Crippen molar-refractivity contribution in [2.75, 3.05) is 23.9 Å². The first-order valence-corrected chi connectivity index (χ1v) is 12.6. The number of anilines is 1. The van der Waals surface area contributed by atoms with E-state index in [1.54, 1.807) is 24.3 Å². The van der Waals surface area contributed by atoms with Crippen molar-refractivity contribution < 1.29 is 22.7 Å². The van der Waals surface area contributed by atoms with E-state index >= 15 is 0 Å². The van der Waals surface area contributed by atoms with Crippen LogP contribution in [-0.4, -0.2) is 44.9 Å². The van der Waals surface area contributed by atoms with E-state index in [0.29, 0.717) is 28.3 Å². The number of amides is 2. The maximum Gasteiger partial charge on any atom is 0.260 e. The number of nitrogens with one attached hydrogen (secondary N) is 2. The highest BCUT2D eigenvalue weighted by molar-refractivity contribution is 7.91. The summed E-state index contributed by atoms with van der Waals surface area (Å²) < 4.78 is 28.8. The molecule has 30 heavy (non-hydrogen) atoms. The van der Waals surface area contributed by atoms with Gasteiger partial charge in [0.05, 0.1) is 29.7 Å². The molecular weight excluding hydrogens is 424 g/mol. The van der Waals surface area contributed by atoms with E-state index in [2.05, 4.69) is 10.6 Å². The van der Waals surface area contributed by atoms with E-state index in [1.165, 1.54) is 18.4 Å². The summed E-state index contributed by atoms with van der Waals surface area (Å²) >= 11 is 1.43. The number of fused-ring (bicyclic) bond motifs is 1. The van der Waals surface area contributed by atoms with Crippen LogP contribution in [0.25, 0.3) is 0 Å². The van der Waals surface area contributed by atoms with Crippen molar-refractivity contribution in [3.63, 3.8) is 0 Å². The summed E-state index contributed by atoms with van der Waals surface area (Å²) in [5, 5.41) is 6.29. The van der Waals surface area contributed by atoms with Crippen molar-refractivity contribution in [3.8, 4) is 5.75 Å². The number of methoxy groups -OCH3 is 1. The lowest BCUT2D eigenvalue weighted by molar-refractivity contribution is 0.0941. The van der Waals surface area contributed by atoms with Crippen LogP contribution < -0.4 is 15.4 Å². The SMILES string of the molecule is COc1ccccc1C(=O)Nc1sc2c(c1C(=O)N[C@@H]1CCS(=O)(=O)C1)CCCC2. The van der Waals surface area contributed by atoms with E-state index in [0.717, 1.165) is 36.1 Å². The average molecular weight is 449 g/mol. The van der Waals surface area contributed by atoms with Gasteiger partial charge in [-0.25, -0.2) is 8.42 Å². The number of ether oxygens (including phenoxy) is 1. The molecule has 0 unspecified atom stereocenters. The molecule has 2 aliphatic rings. The number of aryl methyl sites for hydroxylation is 1. The minimum Gasteiger partial charge on any atom is -0.496 e. The minimum absolute atomic E-state index is 0.0338. The highest BCUT2D eigenvalue weighted by Crippen LogP contribution is 2.38. The Bertz CT molecular complexity index is 1090. The van der Waals surface area contributed by atoms with Gasteiger partial charge in [-0.05, 0) is 49.8 Å². The zero-order valence-corrected chi connectivity index (χ0v) is 18.3. The molecule has 1 aliphatic carbocycles. The van der Waals surface area contributed by atoms with Gasteiger partial charge in [0.2, 0.25) is 0 Å². The van der Waals surface area contributed by atoms with Gasteiger partial charge < -0.3 is 15.4 Å². The van der Waals surface area contributed by atoms with E-state index in [1.807, 2.05) is 0 Å². The molecule has 0 saturated carbocycles. The first-order chi connectivity index (χ1) is 14.4. The molecule has 1 aromatic carbocycles. The van der Waals surface area contributed by atoms with Gasteiger partial charge in [0.1, 0.15) is 10.8 Å². The molecule has 1 fully saturated rings. The predicted molar refractivity (Wildman–Crippen MR) is 116 cm³/mol. The molecule has 160 valence electrons. The molecule has 4 rings (SSSR count). The standard InChI is InChI=1S/C21H24N2O5S2/c1-28-16-8-4-2-6-14(16)19(24)23-21-18(15-7-3-5-9-17(15)29-21)20(25)22-13-10-11-30(26,27)12-13/h2,4,6,8,13H,3,5,7,9-12H2,1H3,(H,22,25)(H,23,24)/t13-/m1/s1. The highest BCUT2D eigenvalue weighted by Gasteiger charge is 2.32. The van der Waals surface area contributed by atoms with Gasteiger partial charge in [-0.3, -0.25) is 9.59 Å². The third kappa shape index (κ3) is 4.22. The van der Waals surface area contributed by atoms with Gasteiger partial charge in [0.15, 0.2) is 9.84 Å². The number of rotatable bonds is 5. The van der Waals surface area contributed by atoms with Gasteiger partial charge in [0.25, 0.3) is 11.8 Å². The second-order valence-electron chi connectivity index (χ2n) is 7.64. The molecule has 1 atom stereocenters. The quantitative estimate of drug-likeness (QED) is 0.732. The third-order valence-corrected chi connectivity index (χ3v) is 8.52. The third-order valence-electron chi connectivity index (χ3n) is 5.54. The van der Waals surface area contributed by atoms with Crippen molar-refractivity contribution in [2.45, 2.75) is 38.1 Å². The summed E-state index contributed by atoms with van der Waals surface area (Å²) in [4.78, 5) is 27.2. The molecule has 2 amide bonds. The van der Waals surface area contributed by atoms with Crippen molar-refractivity contribution in [1.82, 2.24) is 5.32 Å². The fourth-order valence-electron chi connectivity index (χ4n) is 4.06. The van der Waals surface area contributed by atoms with E-state index in [-0.39, 0.29) is 29.4 Å². The van der Waals surface area contributed by atoms with Gasteiger partial charge in [-0.1, -0.05) is 12.1 Å². The first-order valence-electron chi connectivity index (χ1n) is 9.98. The number of sulfone groups is 1.